The van der Waals surface area contributed by atoms with Crippen molar-refractivity contribution in [2.75, 3.05) is 0 Å². The minimum Gasteiger partial charge on any atom is -0.259 e. The molecule has 1 N–H and O–H groups in total. The van der Waals surface area contributed by atoms with Crippen molar-refractivity contribution in [3.05, 3.63) is 97.1 Å². The van der Waals surface area contributed by atoms with Crippen LogP contribution in [0.4, 0.5) is 0 Å². The number of hydrogen-bond acceptors (Lipinski definition) is 1. The molecule has 0 heterocycles. The van der Waals surface area contributed by atoms with E-state index in [1.807, 2.05) is 0 Å². The summed E-state index contributed by atoms with van der Waals surface area (Å²) < 4.78 is 0. The summed E-state index contributed by atoms with van der Waals surface area (Å²) in [6, 6.07) is 54.5. The highest BCUT2D eigenvalue weighted by Gasteiger charge is 2.37. The summed E-state index contributed by atoms with van der Waals surface area (Å²) in [5, 5.41) is 12.9. The average Bonchev–Trinajstić information content (AvgIpc) is 3.39. The largest absolute Gasteiger partial charge is 0.259 e. The molecule has 0 aliphatic rings. The lowest BCUT2D eigenvalue weighted by Gasteiger charge is -2.35. The van der Waals surface area contributed by atoms with Crippen LogP contribution in [0.1, 0.15) is 178 Å². The molecule has 0 aliphatic carbocycles. The Morgan fingerprint density at radius 3 is 0.800 bits per heavy atom. The van der Waals surface area contributed by atoms with E-state index < -0.39 is 48.4 Å². The van der Waals surface area contributed by atoms with E-state index in [0.717, 1.165) is 0 Å². The van der Waals surface area contributed by atoms with E-state index in [2.05, 4.69) is 179 Å². The fourth-order valence-electron chi connectivity index (χ4n) is 11.9. The first-order valence-corrected chi connectivity index (χ1v) is 43.7. The highest BCUT2D eigenvalue weighted by molar-refractivity contribution is 7.85. The zero-order valence-electron chi connectivity index (χ0n) is 47.7. The summed E-state index contributed by atoms with van der Waals surface area (Å²) in [6.07, 6.45) is 24.1. The highest BCUT2D eigenvalue weighted by Crippen LogP contribution is 2.43. The third-order valence-electron chi connectivity index (χ3n) is 16.4. The Balaban J connectivity index is 2.00. The Labute approximate surface area is 441 Å². The van der Waals surface area contributed by atoms with E-state index in [0.29, 0.717) is 0 Å². The Bertz CT molecular complexity index is 1850. The quantitative estimate of drug-likeness (QED) is 0.0351. The SMILES string of the molecule is CCCC[Si](CCCC)(CCCC)c1ccc(P(NP(c2ccc([Si](CCCC)(CCCC)CCCC)cc2)c2ccccc2[Si](C)(C)C)c2ccc([Si](CCCC)(CCCC)CCCC)cc2)cc1. The predicted octanol–water partition coefficient (Wildman–Crippen LogP) is 17.4. The normalized spacial score (nSPS) is 13.1. The first-order valence-electron chi connectivity index (χ1n) is 29.7. The van der Waals surface area contributed by atoms with Crippen molar-refractivity contribution in [1.82, 2.24) is 4.86 Å². The van der Waals surface area contributed by atoms with Crippen LogP contribution in [0.3, 0.4) is 0 Å². The third kappa shape index (κ3) is 17.3. The Morgan fingerprint density at radius 1 is 0.314 bits per heavy atom. The Kier molecular flexibility index (Phi) is 28.0. The summed E-state index contributed by atoms with van der Waals surface area (Å²) in [7, 11) is -8.35. The molecule has 0 amide bonds. The van der Waals surface area contributed by atoms with Crippen LogP contribution in [0.25, 0.3) is 0 Å². The van der Waals surface area contributed by atoms with Crippen LogP contribution in [0.15, 0.2) is 97.1 Å². The number of hydrogen-bond donors (Lipinski definition) is 1. The minimum absolute atomic E-state index is 0.866. The van der Waals surface area contributed by atoms with Gasteiger partial charge < -0.3 is 0 Å². The second kappa shape index (κ2) is 32.1. The molecule has 1 atom stereocenters. The van der Waals surface area contributed by atoms with Crippen molar-refractivity contribution in [1.29, 1.82) is 0 Å². The average molecular weight is 1050 g/mol. The van der Waals surface area contributed by atoms with Crippen molar-refractivity contribution in [3.63, 3.8) is 0 Å². The summed E-state index contributed by atoms with van der Waals surface area (Å²) >= 11 is 0. The molecule has 4 aromatic carbocycles. The Morgan fingerprint density at radius 2 is 0.557 bits per heavy atom. The van der Waals surface area contributed by atoms with Gasteiger partial charge in [0.05, 0.1) is 32.3 Å². The molecule has 1 unspecified atom stereocenters. The van der Waals surface area contributed by atoms with Crippen LogP contribution < -0.4 is 46.8 Å². The zero-order valence-corrected chi connectivity index (χ0v) is 53.5. The smallest absolute Gasteiger partial charge is 0.0867 e. The van der Waals surface area contributed by atoms with Crippen molar-refractivity contribution < 1.29 is 0 Å². The fourth-order valence-corrected chi connectivity index (χ4v) is 36.5. The molecule has 1 nitrogen and oxygen atoms in total. The van der Waals surface area contributed by atoms with E-state index in [9.17, 15) is 0 Å². The molecule has 0 aromatic heterocycles. The van der Waals surface area contributed by atoms with Crippen molar-refractivity contribution in [2.45, 2.75) is 252 Å². The summed E-state index contributed by atoms with van der Waals surface area (Å²) in [4.78, 5) is 4.70. The lowest BCUT2D eigenvalue weighted by atomic mass is 10.3. The van der Waals surface area contributed by atoms with E-state index in [1.165, 1.54) is 186 Å². The molecule has 4 rings (SSSR count). The van der Waals surface area contributed by atoms with Crippen LogP contribution in [0.2, 0.25) is 74.0 Å². The van der Waals surface area contributed by atoms with E-state index in [4.69, 9.17) is 4.86 Å². The Hall–Kier alpha value is -1.43. The molecule has 0 radical (unpaired) electrons. The lowest BCUT2D eigenvalue weighted by Crippen LogP contribution is -2.49. The summed E-state index contributed by atoms with van der Waals surface area (Å²) in [5.74, 6) is 0. The van der Waals surface area contributed by atoms with Crippen molar-refractivity contribution >= 4 is 90.4 Å². The van der Waals surface area contributed by atoms with Crippen LogP contribution >= 0.6 is 16.1 Å². The van der Waals surface area contributed by atoms with E-state index in [-0.39, 0.29) is 0 Å². The van der Waals surface area contributed by atoms with Crippen LogP contribution in [0.5, 0.6) is 0 Å². The number of nitrogens with one attached hydrogen (secondary N) is 1. The van der Waals surface area contributed by atoms with Gasteiger partial charge in [-0.25, -0.2) is 0 Å². The molecule has 4 aromatic rings. The third-order valence-corrected chi connectivity index (χ3v) is 40.1. The highest BCUT2D eigenvalue weighted by atomic mass is 31.2. The maximum Gasteiger partial charge on any atom is 0.0867 e. The van der Waals surface area contributed by atoms with Crippen LogP contribution in [-0.2, 0) is 0 Å². The lowest BCUT2D eigenvalue weighted by molar-refractivity contribution is 0.800. The number of benzene rings is 4. The first-order chi connectivity index (χ1) is 33.9. The molecule has 0 saturated carbocycles. The van der Waals surface area contributed by atoms with Crippen molar-refractivity contribution in [2.24, 2.45) is 0 Å². The van der Waals surface area contributed by atoms with Gasteiger partial charge in [-0.1, -0.05) is 370 Å². The van der Waals surface area contributed by atoms with Crippen LogP contribution in [-0.4, -0.2) is 32.3 Å². The van der Waals surface area contributed by atoms with Crippen LogP contribution in [0, 0.1) is 0 Å². The van der Waals surface area contributed by atoms with Gasteiger partial charge in [0.1, 0.15) is 0 Å². The molecule has 0 spiro atoms. The predicted molar refractivity (Wildman–Crippen MR) is 338 cm³/mol. The van der Waals surface area contributed by atoms with Gasteiger partial charge in [0.2, 0.25) is 0 Å². The maximum atomic E-state index is 4.70. The van der Waals surface area contributed by atoms with Crippen molar-refractivity contribution in [3.8, 4) is 0 Å². The molecule has 0 saturated heterocycles. The van der Waals surface area contributed by atoms with E-state index >= 15 is 0 Å². The van der Waals surface area contributed by atoms with Gasteiger partial charge in [0.15, 0.2) is 0 Å². The van der Waals surface area contributed by atoms with Gasteiger partial charge in [-0.3, -0.25) is 4.86 Å². The van der Waals surface area contributed by atoms with Gasteiger partial charge in [0, 0.05) is 16.1 Å². The molecule has 0 fully saturated rings. The molecular formula is C63H107NP2Si4. The van der Waals surface area contributed by atoms with Gasteiger partial charge >= 0.3 is 0 Å². The standard InChI is InChI=1S/C63H107NP2Si4/c1-13-22-47-68(48-23-14-2,49-24-15-3)59-41-35-56(36-42-59)65(57-37-43-60(44-38-57)69(50-25-16-4,51-26-17-5)52-27-18-6)64-66(62-33-31-32-34-63(62)67(10,11)12)58-39-45-61(46-40-58)70(53-28-19-7,54-29-20-8)55-30-21-9/h31-46,64H,13-30,47-55H2,1-12H3. The second-order valence-corrected chi connectivity index (χ2v) is 46.1. The number of unbranched alkanes of at least 4 members (excludes halogenated alkanes) is 9. The number of rotatable bonds is 37. The second-order valence-electron chi connectivity index (χ2n) is 23.0. The monoisotopic (exact) mass is 1050 g/mol. The summed E-state index contributed by atoms with van der Waals surface area (Å²) in [6.45, 7) is 29.4. The molecule has 0 bridgehead atoms. The topological polar surface area (TPSA) is 12.0 Å². The van der Waals surface area contributed by atoms with E-state index in [1.54, 1.807) is 26.1 Å². The molecule has 70 heavy (non-hydrogen) atoms. The van der Waals surface area contributed by atoms with Gasteiger partial charge in [-0.05, 0) is 21.2 Å². The summed E-state index contributed by atoms with van der Waals surface area (Å²) in [5.41, 5.74) is 0. The molecule has 390 valence electrons. The molecule has 7 heteroatoms. The maximum absolute atomic E-state index is 4.70. The van der Waals surface area contributed by atoms with Gasteiger partial charge in [-0.2, -0.15) is 0 Å². The molecule has 0 aliphatic heterocycles. The minimum atomic E-state index is -1.69. The fraction of sp³-hybridized carbons (Fsp3) is 0.619. The first kappa shape index (κ1) is 61.1. The van der Waals surface area contributed by atoms with Gasteiger partial charge in [-0.15, -0.1) is 0 Å². The molecular weight excluding hydrogens is 945 g/mol. The zero-order chi connectivity index (χ0) is 50.9. The van der Waals surface area contributed by atoms with Gasteiger partial charge in [0.25, 0.3) is 0 Å².